The number of aromatic amines is 2. The second-order valence-corrected chi connectivity index (χ2v) is 5.82. The Bertz CT molecular complexity index is 1000. The zero-order chi connectivity index (χ0) is 17.8. The Morgan fingerprint density at radius 3 is 2.76 bits per heavy atom. The van der Waals surface area contributed by atoms with Crippen molar-refractivity contribution in [1.82, 2.24) is 9.97 Å². The fraction of sp³-hybridized carbons (Fsp3) is 0.0625. The first-order chi connectivity index (χ1) is 12.0. The van der Waals surface area contributed by atoms with E-state index in [4.69, 9.17) is 9.15 Å². The van der Waals surface area contributed by atoms with Gasteiger partial charge in [-0.2, -0.15) is 0 Å². The lowest BCUT2D eigenvalue weighted by molar-refractivity contribution is -0.142. The summed E-state index contributed by atoms with van der Waals surface area (Å²) in [6.07, 6.45) is 4.08. The zero-order valence-electron chi connectivity index (χ0n) is 12.7. The Kier molecular flexibility index (Phi) is 4.85. The number of H-pyrrole nitrogens is 2. The minimum Gasteiger partial charge on any atom is -0.465 e. The van der Waals surface area contributed by atoms with Crippen LogP contribution in [-0.4, -0.2) is 28.5 Å². The summed E-state index contributed by atoms with van der Waals surface area (Å²) in [6, 6.07) is 6.61. The van der Waals surface area contributed by atoms with Crippen LogP contribution in [0.15, 0.2) is 50.3 Å². The third kappa shape index (κ3) is 4.27. The van der Waals surface area contributed by atoms with Crippen molar-refractivity contribution in [3.05, 3.63) is 57.3 Å². The van der Waals surface area contributed by atoms with Crippen LogP contribution in [0.25, 0.3) is 17.1 Å². The Hall–Kier alpha value is -3.07. The van der Waals surface area contributed by atoms with Crippen molar-refractivity contribution in [3.8, 4) is 0 Å². The van der Waals surface area contributed by atoms with Crippen LogP contribution in [0, 0.1) is 0 Å². The lowest BCUT2D eigenvalue weighted by Crippen LogP contribution is -2.20. The van der Waals surface area contributed by atoms with Crippen LogP contribution in [0.4, 0.5) is 5.69 Å². The average Bonchev–Trinajstić information content (AvgIpc) is 3.20. The molecule has 1 amide bonds. The van der Waals surface area contributed by atoms with Gasteiger partial charge < -0.3 is 24.4 Å². The minimum atomic E-state index is -0.670. The number of halogens is 1. The summed E-state index contributed by atoms with van der Waals surface area (Å²) in [6.45, 7) is -0.449. The Morgan fingerprint density at radius 2 is 2.04 bits per heavy atom. The van der Waals surface area contributed by atoms with E-state index in [1.807, 2.05) is 0 Å². The molecule has 3 aromatic rings. The summed E-state index contributed by atoms with van der Waals surface area (Å²) >= 11 is 3.30. The number of hydrogen-bond acceptors (Lipinski definition) is 5. The highest BCUT2D eigenvalue weighted by Gasteiger charge is 2.10. The van der Waals surface area contributed by atoms with Crippen molar-refractivity contribution in [2.45, 2.75) is 0 Å². The molecule has 3 rings (SSSR count). The zero-order valence-corrected chi connectivity index (χ0v) is 14.3. The number of rotatable bonds is 5. The maximum Gasteiger partial charge on any atom is 0.331 e. The summed E-state index contributed by atoms with van der Waals surface area (Å²) < 4.78 is 10.5. The van der Waals surface area contributed by atoms with E-state index in [9.17, 15) is 14.4 Å². The van der Waals surface area contributed by atoms with Crippen LogP contribution in [0.3, 0.4) is 0 Å². The van der Waals surface area contributed by atoms with E-state index >= 15 is 0 Å². The summed E-state index contributed by atoms with van der Waals surface area (Å²) in [4.78, 5) is 39.9. The molecule has 0 saturated carbocycles. The van der Waals surface area contributed by atoms with Crippen LogP contribution in [-0.2, 0) is 14.3 Å². The first kappa shape index (κ1) is 16.8. The third-order valence-electron chi connectivity index (χ3n) is 3.15. The summed E-state index contributed by atoms with van der Waals surface area (Å²) in [5.74, 6) is -0.687. The number of carbonyl (C=O) groups excluding carboxylic acids is 2. The van der Waals surface area contributed by atoms with Gasteiger partial charge in [0, 0.05) is 10.5 Å². The number of furan rings is 1. The van der Waals surface area contributed by atoms with Crippen molar-refractivity contribution in [1.29, 1.82) is 0 Å². The molecule has 0 spiro atoms. The van der Waals surface area contributed by atoms with E-state index in [1.54, 1.807) is 24.3 Å². The summed E-state index contributed by atoms with van der Waals surface area (Å²) in [5.41, 5.74) is 1.24. The molecular weight excluding hydrogens is 394 g/mol. The van der Waals surface area contributed by atoms with E-state index in [2.05, 4.69) is 31.2 Å². The number of benzene rings is 1. The van der Waals surface area contributed by atoms with Gasteiger partial charge in [-0.15, -0.1) is 0 Å². The highest BCUT2D eigenvalue weighted by molar-refractivity contribution is 9.10. The lowest BCUT2D eigenvalue weighted by Gasteiger charge is -2.07. The molecule has 8 nitrogen and oxygen atoms in total. The number of nitrogens with one attached hydrogen (secondary N) is 3. The van der Waals surface area contributed by atoms with E-state index in [0.29, 0.717) is 27.0 Å². The molecule has 0 saturated heterocycles. The van der Waals surface area contributed by atoms with E-state index in [0.717, 1.165) is 0 Å². The van der Waals surface area contributed by atoms with Gasteiger partial charge in [-0.05, 0) is 46.3 Å². The third-order valence-corrected chi connectivity index (χ3v) is 3.81. The van der Waals surface area contributed by atoms with E-state index < -0.39 is 18.5 Å². The van der Waals surface area contributed by atoms with Gasteiger partial charge in [0.05, 0.1) is 23.0 Å². The number of ether oxygens (including phenoxy) is 1. The van der Waals surface area contributed by atoms with Crippen molar-refractivity contribution in [2.24, 2.45) is 0 Å². The van der Waals surface area contributed by atoms with Crippen LogP contribution >= 0.6 is 15.9 Å². The molecule has 9 heteroatoms. The van der Waals surface area contributed by atoms with Crippen LogP contribution in [0.1, 0.15) is 5.76 Å². The number of aromatic nitrogens is 2. The molecule has 25 heavy (non-hydrogen) atoms. The lowest BCUT2D eigenvalue weighted by atomic mass is 10.2. The Labute approximate surface area is 149 Å². The highest BCUT2D eigenvalue weighted by atomic mass is 79.9. The van der Waals surface area contributed by atoms with Crippen molar-refractivity contribution in [3.63, 3.8) is 0 Å². The maximum atomic E-state index is 11.9. The second-order valence-electron chi connectivity index (χ2n) is 4.96. The molecule has 0 radical (unpaired) electrons. The number of amides is 1. The molecule has 0 fully saturated rings. The fourth-order valence-corrected chi connectivity index (χ4v) is 2.50. The van der Waals surface area contributed by atoms with Crippen LogP contribution in [0.5, 0.6) is 0 Å². The monoisotopic (exact) mass is 405 g/mol. The standard InChI is InChI=1S/C16H12BrN3O5/c17-10-6-12-13(20-16(23)19-12)7-11(10)18-14(21)8-25-15(22)4-3-9-2-1-5-24-9/h1-7H,8H2,(H,18,21)(H2,19,20,23)/b4-3+. The molecule has 128 valence electrons. The van der Waals surface area contributed by atoms with Crippen molar-refractivity contribution in [2.75, 3.05) is 11.9 Å². The SMILES string of the molecule is O=C(COC(=O)/C=C/c1ccco1)Nc1cc2[nH]c(=O)[nH]c2cc1Br. The van der Waals surface area contributed by atoms with Crippen LogP contribution < -0.4 is 11.0 Å². The number of esters is 1. The van der Waals surface area contributed by atoms with Gasteiger partial charge in [-0.3, -0.25) is 4.79 Å². The normalized spacial score (nSPS) is 11.1. The molecule has 0 aliphatic heterocycles. The molecule has 3 N–H and O–H groups in total. The number of fused-ring (bicyclic) bond motifs is 1. The van der Waals surface area contributed by atoms with Gasteiger partial charge in [0.25, 0.3) is 5.91 Å². The highest BCUT2D eigenvalue weighted by Crippen LogP contribution is 2.26. The van der Waals surface area contributed by atoms with Gasteiger partial charge in [0.15, 0.2) is 6.61 Å². The first-order valence-corrected chi connectivity index (χ1v) is 7.90. The van der Waals surface area contributed by atoms with E-state index in [-0.39, 0.29) is 5.69 Å². The smallest absolute Gasteiger partial charge is 0.331 e. The summed E-state index contributed by atoms with van der Waals surface area (Å²) in [7, 11) is 0. The summed E-state index contributed by atoms with van der Waals surface area (Å²) in [5, 5.41) is 2.60. The Morgan fingerprint density at radius 1 is 1.28 bits per heavy atom. The van der Waals surface area contributed by atoms with Gasteiger partial charge in [-0.1, -0.05) is 0 Å². The largest absolute Gasteiger partial charge is 0.465 e. The topological polar surface area (TPSA) is 117 Å². The molecule has 0 aliphatic rings. The molecule has 2 heterocycles. The number of anilines is 1. The van der Waals surface area contributed by atoms with Gasteiger partial charge >= 0.3 is 11.7 Å². The second kappa shape index (κ2) is 7.22. The molecule has 0 bridgehead atoms. The molecule has 0 aliphatic carbocycles. The molecular formula is C16H12BrN3O5. The molecule has 0 unspecified atom stereocenters. The van der Waals surface area contributed by atoms with Gasteiger partial charge in [-0.25, -0.2) is 9.59 Å². The van der Waals surface area contributed by atoms with Crippen molar-refractivity contribution >= 4 is 50.6 Å². The van der Waals surface area contributed by atoms with Crippen LogP contribution in [0.2, 0.25) is 0 Å². The number of hydrogen-bond donors (Lipinski definition) is 3. The first-order valence-electron chi connectivity index (χ1n) is 7.11. The fourth-order valence-electron chi connectivity index (χ4n) is 2.06. The quantitative estimate of drug-likeness (QED) is 0.445. The predicted octanol–water partition coefficient (Wildman–Crippen LogP) is 2.41. The molecule has 2 aromatic heterocycles. The molecule has 1 aromatic carbocycles. The Balaban J connectivity index is 1.58. The van der Waals surface area contributed by atoms with Gasteiger partial charge in [0.1, 0.15) is 5.76 Å². The minimum absolute atomic E-state index is 0.345. The van der Waals surface area contributed by atoms with Crippen molar-refractivity contribution < 1.29 is 18.7 Å². The average molecular weight is 406 g/mol. The number of imidazole rings is 1. The number of carbonyl (C=O) groups is 2. The molecule has 0 atom stereocenters. The van der Waals surface area contributed by atoms with Gasteiger partial charge in [0.2, 0.25) is 0 Å². The van der Waals surface area contributed by atoms with E-state index in [1.165, 1.54) is 18.4 Å². The maximum absolute atomic E-state index is 11.9. The predicted molar refractivity (Wildman–Crippen MR) is 94.0 cm³/mol.